The highest BCUT2D eigenvalue weighted by atomic mass is 19.1. The number of halogens is 1. The SMILES string of the molecule is COc1cccc(C[C@H](NC(=O)[C@@H](Cc2ccc(F)cc2)NC(C)=O)C(=O)O)c1. The quantitative estimate of drug-likeness (QED) is 0.592. The van der Waals surface area contributed by atoms with Crippen LogP contribution in [0.1, 0.15) is 18.1 Å². The van der Waals surface area contributed by atoms with Crippen LogP contribution in [0.3, 0.4) is 0 Å². The summed E-state index contributed by atoms with van der Waals surface area (Å²) in [7, 11) is 1.50. The second kappa shape index (κ2) is 10.2. The fourth-order valence-electron chi connectivity index (χ4n) is 2.82. The molecule has 0 unspecified atom stereocenters. The molecule has 0 aliphatic heterocycles. The van der Waals surface area contributed by atoms with Gasteiger partial charge in [-0.2, -0.15) is 0 Å². The van der Waals surface area contributed by atoms with Crippen LogP contribution >= 0.6 is 0 Å². The molecule has 2 aromatic rings. The van der Waals surface area contributed by atoms with E-state index in [2.05, 4.69) is 10.6 Å². The lowest BCUT2D eigenvalue weighted by atomic mass is 10.0. The average Bonchev–Trinajstić information content (AvgIpc) is 2.68. The molecule has 2 aromatic carbocycles. The molecule has 0 heterocycles. The highest BCUT2D eigenvalue weighted by molar-refractivity contribution is 5.90. The number of nitrogens with one attached hydrogen (secondary N) is 2. The molecule has 2 rings (SSSR count). The van der Waals surface area contributed by atoms with Gasteiger partial charge in [0.2, 0.25) is 11.8 Å². The van der Waals surface area contributed by atoms with Gasteiger partial charge in [0, 0.05) is 19.8 Å². The van der Waals surface area contributed by atoms with Crippen LogP contribution in [0.25, 0.3) is 0 Å². The number of benzene rings is 2. The summed E-state index contributed by atoms with van der Waals surface area (Å²) in [6.45, 7) is 1.26. The third-order valence-corrected chi connectivity index (χ3v) is 4.24. The third kappa shape index (κ3) is 6.91. The van der Waals surface area contributed by atoms with Crippen molar-refractivity contribution in [2.75, 3.05) is 7.11 Å². The van der Waals surface area contributed by atoms with E-state index in [9.17, 15) is 23.9 Å². The smallest absolute Gasteiger partial charge is 0.326 e. The number of ether oxygens (including phenoxy) is 1. The maximum Gasteiger partial charge on any atom is 0.326 e. The third-order valence-electron chi connectivity index (χ3n) is 4.24. The van der Waals surface area contributed by atoms with E-state index in [1.165, 1.54) is 38.3 Å². The molecule has 29 heavy (non-hydrogen) atoms. The van der Waals surface area contributed by atoms with Gasteiger partial charge in [0.15, 0.2) is 0 Å². The first-order valence-electron chi connectivity index (χ1n) is 8.96. The Labute approximate surface area is 167 Å². The van der Waals surface area contributed by atoms with Crippen LogP contribution in [0.5, 0.6) is 5.75 Å². The number of carbonyl (C=O) groups excluding carboxylic acids is 2. The van der Waals surface area contributed by atoms with Gasteiger partial charge in [-0.25, -0.2) is 9.18 Å². The summed E-state index contributed by atoms with van der Waals surface area (Å²) in [5.41, 5.74) is 1.30. The Morgan fingerprint density at radius 3 is 2.24 bits per heavy atom. The molecule has 0 saturated carbocycles. The lowest BCUT2D eigenvalue weighted by Gasteiger charge is -2.21. The molecule has 3 N–H and O–H groups in total. The normalized spacial score (nSPS) is 12.5. The molecular formula is C21H23FN2O5. The van der Waals surface area contributed by atoms with Crippen molar-refractivity contribution in [3.8, 4) is 5.75 Å². The van der Waals surface area contributed by atoms with Gasteiger partial charge in [-0.15, -0.1) is 0 Å². The Morgan fingerprint density at radius 1 is 1.00 bits per heavy atom. The first kappa shape index (κ1) is 21.9. The highest BCUT2D eigenvalue weighted by Crippen LogP contribution is 2.14. The zero-order chi connectivity index (χ0) is 21.4. The number of methoxy groups -OCH3 is 1. The zero-order valence-corrected chi connectivity index (χ0v) is 16.1. The van der Waals surface area contributed by atoms with E-state index in [0.717, 1.165) is 0 Å². The van der Waals surface area contributed by atoms with Crippen molar-refractivity contribution in [3.05, 3.63) is 65.5 Å². The lowest BCUT2D eigenvalue weighted by Crippen LogP contribution is -2.52. The van der Waals surface area contributed by atoms with Crippen LogP contribution in [0.2, 0.25) is 0 Å². The van der Waals surface area contributed by atoms with Gasteiger partial charge in [-0.3, -0.25) is 9.59 Å². The van der Waals surface area contributed by atoms with Crippen molar-refractivity contribution in [2.24, 2.45) is 0 Å². The predicted octanol–water partition coefficient (Wildman–Crippen LogP) is 1.69. The number of carboxylic acid groups (broad SMARTS) is 1. The first-order chi connectivity index (χ1) is 13.8. The van der Waals surface area contributed by atoms with Crippen LogP contribution in [0.4, 0.5) is 4.39 Å². The first-order valence-corrected chi connectivity index (χ1v) is 8.96. The zero-order valence-electron chi connectivity index (χ0n) is 16.1. The molecule has 0 bridgehead atoms. The molecule has 0 radical (unpaired) electrons. The average molecular weight is 402 g/mol. The Balaban J connectivity index is 2.13. The molecule has 7 nitrogen and oxygen atoms in total. The molecule has 0 spiro atoms. The Kier molecular flexibility index (Phi) is 7.70. The minimum atomic E-state index is -1.20. The fraction of sp³-hybridized carbons (Fsp3) is 0.286. The van der Waals surface area contributed by atoms with E-state index in [1.54, 1.807) is 24.3 Å². The van der Waals surface area contributed by atoms with E-state index in [1.807, 2.05) is 0 Å². The van der Waals surface area contributed by atoms with Crippen LogP contribution in [0, 0.1) is 5.82 Å². The van der Waals surface area contributed by atoms with Gasteiger partial charge < -0.3 is 20.5 Å². The summed E-state index contributed by atoms with van der Waals surface area (Å²) in [4.78, 5) is 35.9. The van der Waals surface area contributed by atoms with Crippen molar-refractivity contribution < 1.29 is 28.6 Å². The molecule has 2 atom stereocenters. The molecule has 0 aromatic heterocycles. The predicted molar refractivity (Wildman–Crippen MR) is 104 cm³/mol. The van der Waals surface area contributed by atoms with E-state index >= 15 is 0 Å². The van der Waals surface area contributed by atoms with E-state index in [4.69, 9.17) is 4.74 Å². The van der Waals surface area contributed by atoms with Gasteiger partial charge in [-0.05, 0) is 35.4 Å². The highest BCUT2D eigenvalue weighted by Gasteiger charge is 2.26. The fourth-order valence-corrected chi connectivity index (χ4v) is 2.82. The topological polar surface area (TPSA) is 105 Å². The summed E-state index contributed by atoms with van der Waals surface area (Å²) < 4.78 is 18.2. The number of aliphatic carboxylic acids is 1. The Bertz CT molecular complexity index is 870. The molecule has 0 aliphatic rings. The van der Waals surface area contributed by atoms with Gasteiger partial charge >= 0.3 is 5.97 Å². The van der Waals surface area contributed by atoms with Crippen molar-refractivity contribution in [2.45, 2.75) is 31.8 Å². The minimum Gasteiger partial charge on any atom is -0.497 e. The summed E-state index contributed by atoms with van der Waals surface area (Å²) in [6, 6.07) is 10.2. The number of carboxylic acids is 1. The summed E-state index contributed by atoms with van der Waals surface area (Å²) in [5, 5.41) is 14.5. The maximum atomic E-state index is 13.1. The standard InChI is InChI=1S/C21H23FN2O5/c1-13(25)23-18(11-14-6-8-16(22)9-7-14)20(26)24-19(21(27)28)12-15-4-3-5-17(10-15)29-2/h3-10,18-19H,11-12H2,1-2H3,(H,23,25)(H,24,26)(H,27,28)/t18-,19+/m1/s1. The van der Waals surface area contributed by atoms with Gasteiger partial charge in [0.05, 0.1) is 7.11 Å². The van der Waals surface area contributed by atoms with Crippen molar-refractivity contribution in [1.82, 2.24) is 10.6 Å². The van der Waals surface area contributed by atoms with E-state index in [-0.39, 0.29) is 12.8 Å². The molecule has 0 aliphatic carbocycles. The van der Waals surface area contributed by atoms with E-state index < -0.39 is 35.7 Å². The number of amides is 2. The second-order valence-corrected chi connectivity index (χ2v) is 6.54. The summed E-state index contributed by atoms with van der Waals surface area (Å²) >= 11 is 0. The van der Waals surface area contributed by atoms with Gasteiger partial charge in [-0.1, -0.05) is 24.3 Å². The van der Waals surface area contributed by atoms with Gasteiger partial charge in [0.25, 0.3) is 0 Å². The molecular weight excluding hydrogens is 379 g/mol. The minimum absolute atomic E-state index is 0.0433. The van der Waals surface area contributed by atoms with Crippen molar-refractivity contribution in [1.29, 1.82) is 0 Å². The number of rotatable bonds is 9. The Morgan fingerprint density at radius 2 is 1.66 bits per heavy atom. The molecule has 0 fully saturated rings. The molecule has 0 saturated heterocycles. The van der Waals surface area contributed by atoms with Crippen LogP contribution < -0.4 is 15.4 Å². The largest absolute Gasteiger partial charge is 0.497 e. The van der Waals surface area contributed by atoms with Gasteiger partial charge in [0.1, 0.15) is 23.7 Å². The number of carbonyl (C=O) groups is 3. The summed E-state index contributed by atoms with van der Waals surface area (Å²) in [6.07, 6.45) is 0.138. The molecule has 2 amide bonds. The second-order valence-electron chi connectivity index (χ2n) is 6.54. The number of hydrogen-bond donors (Lipinski definition) is 3. The molecule has 8 heteroatoms. The monoisotopic (exact) mass is 402 g/mol. The Hall–Kier alpha value is -3.42. The number of hydrogen-bond acceptors (Lipinski definition) is 4. The summed E-state index contributed by atoms with van der Waals surface area (Å²) in [5.74, 6) is -2.12. The van der Waals surface area contributed by atoms with Crippen LogP contribution in [-0.4, -0.2) is 42.1 Å². The van der Waals surface area contributed by atoms with E-state index in [0.29, 0.717) is 16.9 Å². The van der Waals surface area contributed by atoms with Crippen LogP contribution in [-0.2, 0) is 27.2 Å². The van der Waals surface area contributed by atoms with Crippen molar-refractivity contribution in [3.63, 3.8) is 0 Å². The van der Waals surface area contributed by atoms with Crippen molar-refractivity contribution >= 4 is 17.8 Å². The maximum absolute atomic E-state index is 13.1. The van der Waals surface area contributed by atoms with Crippen LogP contribution in [0.15, 0.2) is 48.5 Å². The molecule has 154 valence electrons. The lowest BCUT2D eigenvalue weighted by molar-refractivity contribution is -0.142.